The van der Waals surface area contributed by atoms with Gasteiger partial charge in [-0.3, -0.25) is 14.4 Å². The molecule has 0 amide bonds. The molecule has 2 heterocycles. The van der Waals surface area contributed by atoms with E-state index >= 15 is 0 Å². The SMILES string of the molecule is CCOc1ccccc1[C@@H]1[C@@H](C(=O)c2cccc(OC)c2)N2c3ccc(F)cc3C=C[C@H]2C12C(=O)c1ccccc1C2=O. The highest BCUT2D eigenvalue weighted by atomic mass is 19.1. The molecule has 1 fully saturated rings. The van der Waals surface area contributed by atoms with Gasteiger partial charge in [-0.1, -0.05) is 66.7 Å². The van der Waals surface area contributed by atoms with Crippen molar-refractivity contribution in [1.82, 2.24) is 0 Å². The lowest BCUT2D eigenvalue weighted by Gasteiger charge is -2.37. The molecule has 214 valence electrons. The van der Waals surface area contributed by atoms with E-state index in [1.165, 1.54) is 19.2 Å². The molecule has 6 nitrogen and oxygen atoms in total. The molecule has 1 spiro atoms. The summed E-state index contributed by atoms with van der Waals surface area (Å²) in [6.07, 6.45) is 3.52. The molecule has 4 aromatic rings. The molecule has 0 aromatic heterocycles. The third-order valence-electron chi connectivity index (χ3n) is 8.94. The fourth-order valence-corrected chi connectivity index (χ4v) is 7.26. The van der Waals surface area contributed by atoms with Crippen molar-refractivity contribution in [2.75, 3.05) is 18.6 Å². The zero-order valence-electron chi connectivity index (χ0n) is 23.6. The number of carbonyl (C=O) groups is 3. The van der Waals surface area contributed by atoms with Gasteiger partial charge in [0.1, 0.15) is 28.8 Å². The van der Waals surface area contributed by atoms with Crippen molar-refractivity contribution < 1.29 is 28.2 Å². The predicted molar refractivity (Wildman–Crippen MR) is 161 cm³/mol. The first kappa shape index (κ1) is 26.8. The molecule has 0 N–H and O–H groups in total. The maximum Gasteiger partial charge on any atom is 0.186 e. The number of rotatable bonds is 6. The lowest BCUT2D eigenvalue weighted by Crippen LogP contribution is -2.48. The van der Waals surface area contributed by atoms with Crippen molar-refractivity contribution in [3.8, 4) is 11.5 Å². The van der Waals surface area contributed by atoms with Gasteiger partial charge in [0, 0.05) is 39.4 Å². The van der Waals surface area contributed by atoms with Crippen LogP contribution in [0.2, 0.25) is 0 Å². The number of para-hydroxylation sites is 1. The number of anilines is 1. The van der Waals surface area contributed by atoms with Gasteiger partial charge in [0.25, 0.3) is 0 Å². The number of fused-ring (bicyclic) bond motifs is 5. The maximum absolute atomic E-state index is 14.9. The van der Waals surface area contributed by atoms with E-state index in [1.807, 2.05) is 30.0 Å². The molecule has 1 saturated heterocycles. The number of hydrogen-bond donors (Lipinski definition) is 0. The summed E-state index contributed by atoms with van der Waals surface area (Å²) in [5.74, 6) is -1.33. The maximum atomic E-state index is 14.9. The summed E-state index contributed by atoms with van der Waals surface area (Å²) in [6, 6.07) is 23.5. The molecule has 7 heteroatoms. The van der Waals surface area contributed by atoms with Crippen molar-refractivity contribution in [2.45, 2.75) is 24.9 Å². The summed E-state index contributed by atoms with van der Waals surface area (Å²) in [4.78, 5) is 46.3. The molecule has 2 aliphatic heterocycles. The highest BCUT2D eigenvalue weighted by Gasteiger charge is 2.72. The fraction of sp³-hybridized carbons (Fsp3) is 0.194. The number of halogens is 1. The lowest BCUT2D eigenvalue weighted by molar-refractivity contribution is 0.0664. The smallest absolute Gasteiger partial charge is 0.186 e. The Balaban J connectivity index is 1.56. The van der Waals surface area contributed by atoms with E-state index in [0.29, 0.717) is 51.6 Å². The molecular formula is C36H28FNO5. The van der Waals surface area contributed by atoms with E-state index in [2.05, 4.69) is 0 Å². The van der Waals surface area contributed by atoms with Crippen molar-refractivity contribution in [3.63, 3.8) is 0 Å². The second-order valence-corrected chi connectivity index (χ2v) is 11.0. The van der Waals surface area contributed by atoms with Crippen molar-refractivity contribution in [3.05, 3.63) is 131 Å². The average molecular weight is 574 g/mol. The van der Waals surface area contributed by atoms with Crippen LogP contribution in [0.5, 0.6) is 11.5 Å². The average Bonchev–Trinajstić information content (AvgIpc) is 3.47. The standard InChI is InChI=1S/C36H28FNO5/c1-3-43-29-14-7-6-13-27(29)31-32(33(39)22-9-8-10-24(20-22)42-2)38-28-17-16-23(37)19-21(28)15-18-30(38)36(31)34(40)25-11-4-5-12-26(25)35(36)41/h4-20,30-32H,3H2,1-2H3/t30-,31+,32-/m0/s1. The van der Waals surface area contributed by atoms with Crippen molar-refractivity contribution in [1.29, 1.82) is 0 Å². The lowest BCUT2D eigenvalue weighted by atomic mass is 9.64. The first-order valence-corrected chi connectivity index (χ1v) is 14.3. The van der Waals surface area contributed by atoms with Crippen molar-refractivity contribution in [2.24, 2.45) is 5.41 Å². The largest absolute Gasteiger partial charge is 0.497 e. The molecule has 0 saturated carbocycles. The Hall–Kier alpha value is -5.04. The van der Waals surface area contributed by atoms with Crippen LogP contribution in [0.25, 0.3) is 6.08 Å². The molecule has 0 radical (unpaired) electrons. The minimum absolute atomic E-state index is 0.292. The first-order chi connectivity index (χ1) is 20.9. The van der Waals surface area contributed by atoms with E-state index in [-0.39, 0.29) is 17.3 Å². The zero-order valence-corrected chi connectivity index (χ0v) is 23.6. The van der Waals surface area contributed by atoms with E-state index in [9.17, 15) is 18.8 Å². The Labute approximate surface area is 248 Å². The van der Waals surface area contributed by atoms with E-state index < -0.39 is 29.2 Å². The van der Waals surface area contributed by atoms with Gasteiger partial charge >= 0.3 is 0 Å². The number of Topliss-reactive ketones (excluding diaryl/α,β-unsaturated/α-hetero) is 3. The quantitative estimate of drug-likeness (QED) is 0.192. The van der Waals surface area contributed by atoms with Crippen LogP contribution in [0, 0.1) is 11.2 Å². The summed E-state index contributed by atoms with van der Waals surface area (Å²) in [5, 5.41) is 0. The van der Waals surface area contributed by atoms with Gasteiger partial charge in [-0.15, -0.1) is 0 Å². The summed E-state index contributed by atoms with van der Waals surface area (Å²) in [5.41, 5.74) is 1.07. The van der Waals surface area contributed by atoms with Crippen molar-refractivity contribution >= 4 is 29.1 Å². The molecule has 0 bridgehead atoms. The molecule has 4 aromatic carbocycles. The Bertz CT molecular complexity index is 1810. The molecule has 3 atom stereocenters. The molecule has 1 aliphatic carbocycles. The van der Waals surface area contributed by atoms with Crippen LogP contribution in [0.4, 0.5) is 10.1 Å². The van der Waals surface area contributed by atoms with Gasteiger partial charge in [0.15, 0.2) is 17.3 Å². The molecular weight excluding hydrogens is 545 g/mol. The van der Waals surface area contributed by atoms with Gasteiger partial charge in [-0.05, 0) is 43.3 Å². The van der Waals surface area contributed by atoms with Crippen LogP contribution in [0.1, 0.15) is 55.0 Å². The molecule has 43 heavy (non-hydrogen) atoms. The van der Waals surface area contributed by atoms with E-state index in [1.54, 1.807) is 72.8 Å². The summed E-state index contributed by atoms with van der Waals surface area (Å²) < 4.78 is 26.0. The summed E-state index contributed by atoms with van der Waals surface area (Å²) >= 11 is 0. The Morgan fingerprint density at radius 3 is 2.35 bits per heavy atom. The highest BCUT2D eigenvalue weighted by molar-refractivity contribution is 6.32. The number of ether oxygens (including phenoxy) is 2. The normalized spacial score (nSPS) is 21.0. The van der Waals surface area contributed by atoms with E-state index in [4.69, 9.17) is 9.47 Å². The Morgan fingerprint density at radius 2 is 1.63 bits per heavy atom. The number of carbonyl (C=O) groups excluding carboxylic acids is 3. The Kier molecular flexibility index (Phi) is 6.27. The molecule has 0 unspecified atom stereocenters. The minimum atomic E-state index is -1.68. The van der Waals surface area contributed by atoms with Crippen LogP contribution in [-0.4, -0.2) is 43.2 Å². The van der Waals surface area contributed by atoms with Gasteiger partial charge in [-0.2, -0.15) is 0 Å². The van der Waals surface area contributed by atoms with Crippen LogP contribution in [-0.2, 0) is 0 Å². The van der Waals surface area contributed by atoms with Crippen LogP contribution < -0.4 is 14.4 Å². The molecule has 3 aliphatic rings. The second-order valence-electron chi connectivity index (χ2n) is 11.0. The van der Waals surface area contributed by atoms with Crippen LogP contribution in [0.3, 0.4) is 0 Å². The number of ketones is 3. The topological polar surface area (TPSA) is 72.9 Å². The minimum Gasteiger partial charge on any atom is -0.497 e. The number of methoxy groups -OCH3 is 1. The monoisotopic (exact) mass is 573 g/mol. The first-order valence-electron chi connectivity index (χ1n) is 14.3. The zero-order chi connectivity index (χ0) is 29.9. The highest BCUT2D eigenvalue weighted by Crippen LogP contribution is 2.62. The number of nitrogens with zero attached hydrogens (tertiary/aromatic N) is 1. The Morgan fingerprint density at radius 1 is 0.907 bits per heavy atom. The summed E-state index contributed by atoms with van der Waals surface area (Å²) in [6.45, 7) is 2.21. The number of hydrogen-bond acceptors (Lipinski definition) is 6. The van der Waals surface area contributed by atoms with Gasteiger partial charge in [-0.25, -0.2) is 4.39 Å². The van der Waals surface area contributed by atoms with E-state index in [0.717, 1.165) is 0 Å². The van der Waals surface area contributed by atoms with Gasteiger partial charge in [0.05, 0.1) is 19.8 Å². The summed E-state index contributed by atoms with van der Waals surface area (Å²) in [7, 11) is 1.53. The van der Waals surface area contributed by atoms with Gasteiger partial charge < -0.3 is 14.4 Å². The third kappa shape index (κ3) is 3.74. The third-order valence-corrected chi connectivity index (χ3v) is 8.94. The number of benzene rings is 4. The predicted octanol–water partition coefficient (Wildman–Crippen LogP) is 6.55. The van der Waals surface area contributed by atoms with Crippen LogP contribution >= 0.6 is 0 Å². The van der Waals surface area contributed by atoms with Crippen LogP contribution in [0.15, 0.2) is 97.1 Å². The van der Waals surface area contributed by atoms with Gasteiger partial charge in [0.2, 0.25) is 0 Å². The fourth-order valence-electron chi connectivity index (χ4n) is 7.26. The second kappa shape index (κ2) is 10.1. The molecule has 7 rings (SSSR count).